The van der Waals surface area contributed by atoms with Gasteiger partial charge in [-0.15, -0.1) is 11.3 Å². The van der Waals surface area contributed by atoms with Crippen LogP contribution in [0.4, 0.5) is 5.13 Å². The molecule has 4 heterocycles. The molecule has 1 aromatic carbocycles. The molecule has 1 fully saturated rings. The highest BCUT2D eigenvalue weighted by atomic mass is 32.2. The molecule has 5 rings (SSSR count). The predicted molar refractivity (Wildman–Crippen MR) is 135 cm³/mol. The molecule has 0 radical (unpaired) electrons. The second-order valence-corrected chi connectivity index (χ2v) is 10.1. The number of fused-ring (bicyclic) bond motifs is 1. The molecular weight excluding hydrogens is 456 g/mol. The van der Waals surface area contributed by atoms with E-state index < -0.39 is 0 Å². The summed E-state index contributed by atoms with van der Waals surface area (Å²) >= 11 is 3.63. The summed E-state index contributed by atoms with van der Waals surface area (Å²) in [4.78, 5) is 32.8. The molecule has 0 unspecified atom stereocenters. The fraction of sp³-hybridized carbons (Fsp3) is 0.304. The van der Waals surface area contributed by atoms with Gasteiger partial charge in [-0.25, -0.2) is 9.67 Å². The van der Waals surface area contributed by atoms with E-state index in [1.807, 2.05) is 31.7 Å². The van der Waals surface area contributed by atoms with Gasteiger partial charge in [-0.2, -0.15) is 16.9 Å². The van der Waals surface area contributed by atoms with E-state index in [-0.39, 0.29) is 17.2 Å². The number of nitrogens with one attached hydrogen (secondary N) is 1. The van der Waals surface area contributed by atoms with Crippen molar-refractivity contribution >= 4 is 44.9 Å². The molecule has 1 amide bonds. The van der Waals surface area contributed by atoms with Crippen molar-refractivity contribution in [3.8, 4) is 11.3 Å². The number of carbonyl (C=O) groups excluding carboxylic acids is 1. The molecule has 1 aliphatic heterocycles. The Morgan fingerprint density at radius 3 is 2.61 bits per heavy atom. The summed E-state index contributed by atoms with van der Waals surface area (Å²) in [6.07, 6.45) is 0. The number of nitrogens with zero attached hydrogens (tertiary/aromatic N) is 5. The van der Waals surface area contributed by atoms with Crippen LogP contribution < -0.4 is 15.9 Å². The van der Waals surface area contributed by atoms with E-state index in [0.29, 0.717) is 10.8 Å². The van der Waals surface area contributed by atoms with Crippen molar-refractivity contribution in [1.29, 1.82) is 0 Å². The smallest absolute Gasteiger partial charge is 0.291 e. The van der Waals surface area contributed by atoms with Crippen molar-refractivity contribution in [3.63, 3.8) is 0 Å². The van der Waals surface area contributed by atoms with E-state index in [2.05, 4.69) is 20.8 Å². The molecule has 0 saturated carbocycles. The second-order valence-electron chi connectivity index (χ2n) is 8.00. The van der Waals surface area contributed by atoms with Crippen molar-refractivity contribution in [2.24, 2.45) is 7.05 Å². The monoisotopic (exact) mass is 480 g/mol. The summed E-state index contributed by atoms with van der Waals surface area (Å²) < 4.78 is 2.96. The minimum Gasteiger partial charge on any atom is -0.346 e. The third-order valence-corrected chi connectivity index (χ3v) is 7.71. The Kier molecular flexibility index (Phi) is 5.71. The zero-order chi connectivity index (χ0) is 23.1. The quantitative estimate of drug-likeness (QED) is 0.482. The third kappa shape index (κ3) is 3.93. The summed E-state index contributed by atoms with van der Waals surface area (Å²) in [5, 5.41) is 8.35. The van der Waals surface area contributed by atoms with E-state index in [4.69, 9.17) is 4.98 Å². The predicted octanol–water partition coefficient (Wildman–Crippen LogP) is 3.41. The van der Waals surface area contributed by atoms with Gasteiger partial charge in [0, 0.05) is 59.4 Å². The van der Waals surface area contributed by atoms with Gasteiger partial charge in [0.2, 0.25) is 0 Å². The Balaban J connectivity index is 1.46. The van der Waals surface area contributed by atoms with Gasteiger partial charge in [0.05, 0.1) is 11.1 Å². The number of anilines is 1. The SMILES string of the molecule is Cc1cc(-c2csc(N3CCSCC3)n2)c(C)n1NC(=O)c1nn(C)c(=O)c2ccccc12. The van der Waals surface area contributed by atoms with Gasteiger partial charge in [0.1, 0.15) is 0 Å². The highest BCUT2D eigenvalue weighted by molar-refractivity contribution is 7.99. The van der Waals surface area contributed by atoms with Crippen LogP contribution in [0, 0.1) is 13.8 Å². The average Bonchev–Trinajstić information content (AvgIpc) is 3.42. The van der Waals surface area contributed by atoms with Gasteiger partial charge >= 0.3 is 0 Å². The molecule has 1 aliphatic rings. The molecule has 1 N–H and O–H groups in total. The fourth-order valence-electron chi connectivity index (χ4n) is 4.10. The molecule has 8 nitrogen and oxygen atoms in total. The van der Waals surface area contributed by atoms with Crippen molar-refractivity contribution < 1.29 is 4.79 Å². The highest BCUT2D eigenvalue weighted by Crippen LogP contribution is 2.32. The fourth-order valence-corrected chi connectivity index (χ4v) is 5.89. The number of rotatable bonds is 4. The van der Waals surface area contributed by atoms with E-state index in [1.165, 1.54) is 4.68 Å². The van der Waals surface area contributed by atoms with Crippen LogP contribution >= 0.6 is 23.1 Å². The molecule has 0 spiro atoms. The van der Waals surface area contributed by atoms with Crippen LogP contribution in [0.15, 0.2) is 40.5 Å². The third-order valence-electron chi connectivity index (χ3n) is 5.87. The Bertz CT molecular complexity index is 1410. The summed E-state index contributed by atoms with van der Waals surface area (Å²) in [5.74, 6) is 1.88. The van der Waals surface area contributed by atoms with Crippen molar-refractivity contribution in [2.45, 2.75) is 13.8 Å². The minimum atomic E-state index is -0.375. The summed E-state index contributed by atoms with van der Waals surface area (Å²) in [6, 6.07) is 9.07. The Hall–Kier alpha value is -3.11. The molecule has 1 saturated heterocycles. The number of carbonyl (C=O) groups is 1. The lowest BCUT2D eigenvalue weighted by molar-refractivity contribution is 0.100. The van der Waals surface area contributed by atoms with Crippen LogP contribution in [-0.2, 0) is 7.05 Å². The lowest BCUT2D eigenvalue weighted by atomic mass is 10.1. The minimum absolute atomic E-state index is 0.209. The van der Waals surface area contributed by atoms with Gasteiger partial charge in [-0.3, -0.25) is 19.7 Å². The molecule has 4 aromatic rings. The molecule has 10 heteroatoms. The zero-order valence-corrected chi connectivity index (χ0v) is 20.3. The summed E-state index contributed by atoms with van der Waals surface area (Å²) in [6.45, 7) is 5.95. The number of aryl methyl sites for hydroxylation is 2. The van der Waals surface area contributed by atoms with Crippen LogP contribution in [0.3, 0.4) is 0 Å². The first kappa shape index (κ1) is 21.7. The van der Waals surface area contributed by atoms with Gasteiger partial charge in [-0.05, 0) is 26.0 Å². The van der Waals surface area contributed by atoms with Crippen molar-refractivity contribution in [1.82, 2.24) is 19.4 Å². The topological polar surface area (TPSA) is 85.1 Å². The highest BCUT2D eigenvalue weighted by Gasteiger charge is 2.21. The molecule has 0 bridgehead atoms. The van der Waals surface area contributed by atoms with Crippen LogP contribution in [0.25, 0.3) is 22.0 Å². The van der Waals surface area contributed by atoms with E-state index >= 15 is 0 Å². The van der Waals surface area contributed by atoms with E-state index in [1.54, 1.807) is 47.3 Å². The van der Waals surface area contributed by atoms with Crippen LogP contribution in [-0.4, -0.2) is 49.9 Å². The zero-order valence-electron chi connectivity index (χ0n) is 18.7. The molecule has 170 valence electrons. The first-order valence-electron chi connectivity index (χ1n) is 10.7. The van der Waals surface area contributed by atoms with Gasteiger partial charge in [-0.1, -0.05) is 18.2 Å². The maximum atomic E-state index is 13.2. The van der Waals surface area contributed by atoms with Crippen molar-refractivity contribution in [3.05, 3.63) is 63.1 Å². The number of hydrogen-bond acceptors (Lipinski definition) is 7. The van der Waals surface area contributed by atoms with E-state index in [9.17, 15) is 9.59 Å². The number of aromatic nitrogens is 4. The maximum absolute atomic E-state index is 13.2. The Morgan fingerprint density at radius 1 is 1.12 bits per heavy atom. The average molecular weight is 481 g/mol. The molecule has 33 heavy (non-hydrogen) atoms. The van der Waals surface area contributed by atoms with Crippen LogP contribution in [0.1, 0.15) is 21.9 Å². The molecule has 0 aliphatic carbocycles. The van der Waals surface area contributed by atoms with Gasteiger partial charge in [0.25, 0.3) is 11.5 Å². The lowest BCUT2D eigenvalue weighted by Crippen LogP contribution is -2.32. The molecule has 0 atom stereocenters. The molecular formula is C23H24N6O2S2. The number of hydrogen-bond donors (Lipinski definition) is 1. The van der Waals surface area contributed by atoms with Crippen LogP contribution in [0.5, 0.6) is 0 Å². The van der Waals surface area contributed by atoms with Crippen LogP contribution in [0.2, 0.25) is 0 Å². The number of amides is 1. The molecule has 3 aromatic heterocycles. The number of thioether (sulfide) groups is 1. The van der Waals surface area contributed by atoms with Crippen molar-refractivity contribution in [2.75, 3.05) is 34.9 Å². The lowest BCUT2D eigenvalue weighted by Gasteiger charge is -2.25. The second kappa shape index (κ2) is 8.68. The summed E-state index contributed by atoms with van der Waals surface area (Å²) in [7, 11) is 1.55. The first-order valence-corrected chi connectivity index (χ1v) is 12.7. The Labute approximate surface area is 199 Å². The van der Waals surface area contributed by atoms with Gasteiger partial charge < -0.3 is 4.90 Å². The number of benzene rings is 1. The largest absolute Gasteiger partial charge is 0.346 e. The Morgan fingerprint density at radius 2 is 1.85 bits per heavy atom. The standard InChI is InChI=1S/C23H24N6O2S2/c1-14-12-18(19-13-33-23(24-19)28-8-10-32-11-9-28)15(2)29(14)26-21(30)20-16-6-4-5-7-17(16)22(31)27(3)25-20/h4-7,12-13H,8-11H2,1-3H3,(H,26,30). The summed E-state index contributed by atoms with van der Waals surface area (Å²) in [5.41, 5.74) is 6.60. The first-order chi connectivity index (χ1) is 15.9. The number of thiazole rings is 1. The normalized spacial score (nSPS) is 14.1. The van der Waals surface area contributed by atoms with Gasteiger partial charge in [0.15, 0.2) is 10.8 Å². The van der Waals surface area contributed by atoms with E-state index in [0.717, 1.165) is 52.4 Å². The maximum Gasteiger partial charge on any atom is 0.291 e.